The second kappa shape index (κ2) is 5.63. The monoisotopic (exact) mass is 261 g/mol. The highest BCUT2D eigenvalue weighted by Crippen LogP contribution is 2.28. The van der Waals surface area contributed by atoms with Gasteiger partial charge in [0.25, 0.3) is 5.91 Å². The summed E-state index contributed by atoms with van der Waals surface area (Å²) in [6.07, 6.45) is 6.90. The van der Waals surface area contributed by atoms with Crippen LogP contribution in [0.1, 0.15) is 23.2 Å². The van der Waals surface area contributed by atoms with Crippen LogP contribution in [-0.4, -0.2) is 34.9 Å². The van der Waals surface area contributed by atoms with Gasteiger partial charge < -0.3 is 20.3 Å². The summed E-state index contributed by atoms with van der Waals surface area (Å²) in [5.41, 5.74) is -0.0155. The molecule has 1 fully saturated rings. The van der Waals surface area contributed by atoms with Gasteiger partial charge >= 0.3 is 0 Å². The number of phenols is 2. The number of carbonyl (C=O) groups excluding carboxylic acids is 1. The summed E-state index contributed by atoms with van der Waals surface area (Å²) >= 11 is 0. The van der Waals surface area contributed by atoms with E-state index in [2.05, 4.69) is 11.2 Å². The maximum absolute atomic E-state index is 12.0. The average molecular weight is 261 g/mol. The largest absolute Gasteiger partial charge is 0.504 e. The number of benzene rings is 1. The third-order valence-corrected chi connectivity index (χ3v) is 3.06. The van der Waals surface area contributed by atoms with E-state index in [1.807, 2.05) is 0 Å². The Morgan fingerprint density at radius 3 is 2.95 bits per heavy atom. The molecule has 5 nitrogen and oxygen atoms in total. The minimum atomic E-state index is -0.545. The van der Waals surface area contributed by atoms with Gasteiger partial charge in [0, 0.05) is 6.61 Å². The fraction of sp³-hybridized carbons (Fsp3) is 0.357. The Labute approximate surface area is 111 Å². The fourth-order valence-corrected chi connectivity index (χ4v) is 2.04. The van der Waals surface area contributed by atoms with Crippen LogP contribution in [0.4, 0.5) is 0 Å². The lowest BCUT2D eigenvalue weighted by Crippen LogP contribution is -2.42. The highest BCUT2D eigenvalue weighted by atomic mass is 16.5. The Morgan fingerprint density at radius 1 is 1.53 bits per heavy atom. The van der Waals surface area contributed by atoms with Crippen molar-refractivity contribution in [3.63, 3.8) is 0 Å². The Kier molecular flexibility index (Phi) is 3.93. The molecule has 1 aliphatic rings. The van der Waals surface area contributed by atoms with Crippen LogP contribution >= 0.6 is 0 Å². The second-order valence-corrected chi connectivity index (χ2v) is 4.34. The molecule has 0 saturated carbocycles. The zero-order chi connectivity index (χ0) is 13.8. The van der Waals surface area contributed by atoms with Gasteiger partial charge in [0.15, 0.2) is 11.5 Å². The first-order valence-electron chi connectivity index (χ1n) is 6.03. The third kappa shape index (κ3) is 2.80. The molecule has 1 aromatic carbocycles. The Morgan fingerprint density at radius 2 is 2.32 bits per heavy atom. The maximum atomic E-state index is 12.0. The molecule has 1 aromatic rings. The standard InChI is InChI=1S/C14H15NO4/c1-2-10(12-7-4-8-19-12)15-14(18)9-5-3-6-11(16)13(9)17/h1,3,5-6,10,12,16-17H,4,7-8H2,(H,15,18)/t10-,12-/m1/s1. The molecule has 1 aliphatic heterocycles. The number of hydrogen-bond donors (Lipinski definition) is 3. The van der Waals surface area contributed by atoms with Crippen molar-refractivity contribution in [2.45, 2.75) is 25.0 Å². The second-order valence-electron chi connectivity index (χ2n) is 4.34. The molecule has 0 aromatic heterocycles. The van der Waals surface area contributed by atoms with E-state index >= 15 is 0 Å². The first-order chi connectivity index (χ1) is 9.13. The molecule has 3 N–H and O–H groups in total. The molecule has 19 heavy (non-hydrogen) atoms. The number of carbonyl (C=O) groups is 1. The van der Waals surface area contributed by atoms with E-state index in [9.17, 15) is 15.0 Å². The van der Waals surface area contributed by atoms with E-state index < -0.39 is 17.7 Å². The van der Waals surface area contributed by atoms with Gasteiger partial charge in [-0.2, -0.15) is 0 Å². The molecule has 100 valence electrons. The lowest BCUT2D eigenvalue weighted by Gasteiger charge is -2.19. The van der Waals surface area contributed by atoms with E-state index in [-0.39, 0.29) is 17.4 Å². The predicted octanol–water partition coefficient (Wildman–Crippen LogP) is 1.01. The summed E-state index contributed by atoms with van der Waals surface area (Å²) in [4.78, 5) is 12.0. The minimum absolute atomic E-state index is 0.0155. The zero-order valence-electron chi connectivity index (χ0n) is 10.3. The maximum Gasteiger partial charge on any atom is 0.256 e. The van der Waals surface area contributed by atoms with Gasteiger partial charge in [0.05, 0.1) is 11.7 Å². The van der Waals surface area contributed by atoms with Crippen molar-refractivity contribution >= 4 is 5.91 Å². The minimum Gasteiger partial charge on any atom is -0.504 e. The van der Waals surface area contributed by atoms with Crippen LogP contribution in [0, 0.1) is 12.3 Å². The smallest absolute Gasteiger partial charge is 0.256 e. The van der Waals surface area contributed by atoms with Crippen LogP contribution in [0.3, 0.4) is 0 Å². The molecular weight excluding hydrogens is 246 g/mol. The summed E-state index contributed by atoms with van der Waals surface area (Å²) in [6, 6.07) is 3.64. The molecule has 0 unspecified atom stereocenters. The van der Waals surface area contributed by atoms with Crippen LogP contribution in [0.2, 0.25) is 0 Å². The quantitative estimate of drug-likeness (QED) is 0.560. The molecule has 0 radical (unpaired) electrons. The van der Waals surface area contributed by atoms with Crippen molar-refractivity contribution in [2.75, 3.05) is 6.61 Å². The molecule has 0 spiro atoms. The Balaban J connectivity index is 2.11. The van der Waals surface area contributed by atoms with Gasteiger partial charge in [-0.15, -0.1) is 6.42 Å². The normalized spacial score (nSPS) is 19.6. The van der Waals surface area contributed by atoms with E-state index in [4.69, 9.17) is 11.2 Å². The van der Waals surface area contributed by atoms with E-state index in [0.717, 1.165) is 12.8 Å². The molecule has 1 heterocycles. The van der Waals surface area contributed by atoms with Crippen molar-refractivity contribution in [3.8, 4) is 23.8 Å². The van der Waals surface area contributed by atoms with Gasteiger partial charge in [-0.25, -0.2) is 0 Å². The molecule has 2 rings (SSSR count). The van der Waals surface area contributed by atoms with Gasteiger partial charge in [0.1, 0.15) is 6.04 Å². The van der Waals surface area contributed by atoms with Gasteiger partial charge in [-0.3, -0.25) is 4.79 Å². The predicted molar refractivity (Wildman–Crippen MR) is 68.8 cm³/mol. The molecule has 0 bridgehead atoms. The van der Waals surface area contributed by atoms with Crippen molar-refractivity contribution in [1.29, 1.82) is 0 Å². The fourth-order valence-electron chi connectivity index (χ4n) is 2.04. The summed E-state index contributed by atoms with van der Waals surface area (Å²) in [7, 11) is 0. The highest BCUT2D eigenvalue weighted by Gasteiger charge is 2.27. The van der Waals surface area contributed by atoms with E-state index in [1.54, 1.807) is 0 Å². The number of amides is 1. The van der Waals surface area contributed by atoms with Gasteiger partial charge in [-0.1, -0.05) is 12.0 Å². The van der Waals surface area contributed by atoms with Crippen molar-refractivity contribution in [2.24, 2.45) is 0 Å². The van der Waals surface area contributed by atoms with E-state index in [1.165, 1.54) is 18.2 Å². The van der Waals surface area contributed by atoms with Crippen LogP contribution in [0.15, 0.2) is 18.2 Å². The van der Waals surface area contributed by atoms with Gasteiger partial charge in [0.2, 0.25) is 0 Å². The van der Waals surface area contributed by atoms with Gasteiger partial charge in [-0.05, 0) is 25.0 Å². The van der Waals surface area contributed by atoms with Crippen molar-refractivity contribution in [1.82, 2.24) is 5.32 Å². The van der Waals surface area contributed by atoms with E-state index in [0.29, 0.717) is 6.61 Å². The van der Waals surface area contributed by atoms with Crippen LogP contribution in [0.25, 0.3) is 0 Å². The number of para-hydroxylation sites is 1. The lowest BCUT2D eigenvalue weighted by atomic mass is 10.1. The lowest BCUT2D eigenvalue weighted by molar-refractivity contribution is 0.0774. The number of aromatic hydroxyl groups is 2. The summed E-state index contributed by atoms with van der Waals surface area (Å²) in [6.45, 7) is 0.635. The average Bonchev–Trinajstić information content (AvgIpc) is 2.92. The van der Waals surface area contributed by atoms with Crippen LogP contribution in [-0.2, 0) is 4.74 Å². The topological polar surface area (TPSA) is 78.8 Å². The number of terminal acetylenes is 1. The SMILES string of the molecule is C#C[C@@H](NC(=O)c1cccc(O)c1O)[C@H]1CCCO1. The number of rotatable bonds is 3. The van der Waals surface area contributed by atoms with Crippen LogP contribution < -0.4 is 5.32 Å². The number of nitrogens with one attached hydrogen (secondary N) is 1. The molecule has 5 heteroatoms. The molecule has 0 aliphatic carbocycles. The zero-order valence-corrected chi connectivity index (χ0v) is 10.3. The van der Waals surface area contributed by atoms with Crippen LogP contribution in [0.5, 0.6) is 11.5 Å². The highest BCUT2D eigenvalue weighted by molar-refractivity contribution is 5.98. The molecule has 2 atom stereocenters. The number of phenolic OH excluding ortho intramolecular Hbond substituents is 2. The molecular formula is C14H15NO4. The van der Waals surface area contributed by atoms with Crippen molar-refractivity contribution < 1.29 is 19.7 Å². The number of hydrogen-bond acceptors (Lipinski definition) is 4. The summed E-state index contributed by atoms with van der Waals surface area (Å²) < 4.78 is 5.43. The summed E-state index contributed by atoms with van der Waals surface area (Å²) in [5.74, 6) is 1.14. The first kappa shape index (κ1) is 13.2. The first-order valence-corrected chi connectivity index (χ1v) is 6.03. The Hall–Kier alpha value is -2.19. The summed E-state index contributed by atoms with van der Waals surface area (Å²) in [5, 5.41) is 21.6. The number of ether oxygens (including phenoxy) is 1. The third-order valence-electron chi connectivity index (χ3n) is 3.06. The van der Waals surface area contributed by atoms with Crippen molar-refractivity contribution in [3.05, 3.63) is 23.8 Å². The Bertz CT molecular complexity index is 515. The molecule has 1 saturated heterocycles. The molecule has 1 amide bonds.